The van der Waals surface area contributed by atoms with Crippen molar-refractivity contribution in [2.24, 2.45) is 5.41 Å². The molecule has 1 amide bonds. The summed E-state index contributed by atoms with van der Waals surface area (Å²) in [7, 11) is 1.41. The van der Waals surface area contributed by atoms with Crippen LogP contribution in [0.3, 0.4) is 0 Å². The third-order valence-corrected chi connectivity index (χ3v) is 9.44. The molecule has 1 heterocycles. The first-order valence-corrected chi connectivity index (χ1v) is 14.6. The van der Waals surface area contributed by atoms with E-state index in [0.717, 1.165) is 11.3 Å². The SMILES string of the molecule is COc1cccc(OC)c1NC(=O)c1ccc(Oc2cc([Si](C)(C)CC(C)(C)C)ccc2C)o1. The van der Waals surface area contributed by atoms with E-state index in [1.54, 1.807) is 30.3 Å². The summed E-state index contributed by atoms with van der Waals surface area (Å²) in [6.07, 6.45) is 0. The van der Waals surface area contributed by atoms with Gasteiger partial charge >= 0.3 is 0 Å². The van der Waals surface area contributed by atoms with Gasteiger partial charge in [0.2, 0.25) is 0 Å². The van der Waals surface area contributed by atoms with Gasteiger partial charge in [-0.05, 0) is 48.2 Å². The number of aryl methyl sites for hydroxylation is 1. The standard InChI is InChI=1S/C27H35NO5Si/c1-18-12-13-19(34(7,8)17-27(2,3)4)16-23(18)33-24-15-14-22(32-24)26(29)28-25-20(30-5)10-9-11-21(25)31-6/h9-16H,17H2,1-8H3,(H,28,29). The molecule has 2 aromatic carbocycles. The molecule has 0 radical (unpaired) electrons. The lowest BCUT2D eigenvalue weighted by atomic mass is 10.0. The maximum atomic E-state index is 12.8. The smallest absolute Gasteiger partial charge is 0.291 e. The molecule has 0 aliphatic carbocycles. The molecule has 7 heteroatoms. The van der Waals surface area contributed by atoms with Crippen molar-refractivity contribution in [3.63, 3.8) is 0 Å². The molecule has 0 bridgehead atoms. The number of rotatable bonds is 8. The van der Waals surface area contributed by atoms with Gasteiger partial charge in [0.1, 0.15) is 22.9 Å². The van der Waals surface area contributed by atoms with Crippen LogP contribution in [-0.2, 0) is 0 Å². The highest BCUT2D eigenvalue weighted by molar-refractivity contribution is 6.89. The summed E-state index contributed by atoms with van der Waals surface area (Å²) >= 11 is 0. The molecule has 0 atom stereocenters. The van der Waals surface area contributed by atoms with Crippen molar-refractivity contribution in [2.45, 2.75) is 46.8 Å². The van der Waals surface area contributed by atoms with Crippen molar-refractivity contribution < 1.29 is 23.4 Å². The Morgan fingerprint density at radius 1 is 0.971 bits per heavy atom. The van der Waals surface area contributed by atoms with Gasteiger partial charge in [-0.3, -0.25) is 4.79 Å². The maximum Gasteiger partial charge on any atom is 0.291 e. The highest BCUT2D eigenvalue weighted by Gasteiger charge is 2.30. The van der Waals surface area contributed by atoms with Crippen molar-refractivity contribution in [1.82, 2.24) is 0 Å². The van der Waals surface area contributed by atoms with Crippen LogP contribution in [0.1, 0.15) is 36.9 Å². The van der Waals surface area contributed by atoms with Crippen LogP contribution >= 0.6 is 0 Å². The molecule has 182 valence electrons. The summed E-state index contributed by atoms with van der Waals surface area (Å²) in [6.45, 7) is 13.6. The van der Waals surface area contributed by atoms with Gasteiger partial charge in [-0.15, -0.1) is 0 Å². The quantitative estimate of drug-likeness (QED) is 0.367. The molecule has 0 aliphatic rings. The third kappa shape index (κ3) is 6.02. The van der Waals surface area contributed by atoms with Crippen molar-refractivity contribution in [2.75, 3.05) is 19.5 Å². The van der Waals surface area contributed by atoms with Crippen LogP contribution in [0.4, 0.5) is 5.69 Å². The summed E-state index contributed by atoms with van der Waals surface area (Å²) in [5, 5.41) is 4.13. The zero-order valence-corrected chi connectivity index (χ0v) is 22.4. The number of methoxy groups -OCH3 is 2. The number of hydrogen-bond donors (Lipinski definition) is 1. The maximum absolute atomic E-state index is 12.8. The summed E-state index contributed by atoms with van der Waals surface area (Å²) in [6, 6.07) is 16.1. The van der Waals surface area contributed by atoms with Gasteiger partial charge in [0.05, 0.1) is 22.3 Å². The fraction of sp³-hybridized carbons (Fsp3) is 0.370. The van der Waals surface area contributed by atoms with Crippen LogP contribution in [0, 0.1) is 12.3 Å². The third-order valence-electron chi connectivity index (χ3n) is 5.62. The number of anilines is 1. The molecule has 0 saturated carbocycles. The normalized spacial score (nSPS) is 11.8. The molecule has 0 unspecified atom stereocenters. The molecule has 3 rings (SSSR count). The van der Waals surface area contributed by atoms with Gasteiger partial charge in [-0.2, -0.15) is 0 Å². The first-order valence-electron chi connectivity index (χ1n) is 11.3. The van der Waals surface area contributed by atoms with E-state index in [1.165, 1.54) is 25.5 Å². The Morgan fingerprint density at radius 3 is 2.21 bits per heavy atom. The lowest BCUT2D eigenvalue weighted by molar-refractivity contribution is 0.0991. The van der Waals surface area contributed by atoms with Gasteiger partial charge in [0.15, 0.2) is 5.76 Å². The first kappa shape index (κ1) is 25.4. The average molecular weight is 482 g/mol. The number of benzene rings is 2. The van der Waals surface area contributed by atoms with Gasteiger partial charge in [0, 0.05) is 6.07 Å². The van der Waals surface area contributed by atoms with Gasteiger partial charge in [0.25, 0.3) is 11.9 Å². The Kier molecular flexibility index (Phi) is 7.46. The molecule has 0 fully saturated rings. The molecule has 3 aromatic rings. The number of nitrogens with one attached hydrogen (secondary N) is 1. The highest BCUT2D eigenvalue weighted by atomic mass is 28.3. The monoisotopic (exact) mass is 481 g/mol. The van der Waals surface area contributed by atoms with Crippen molar-refractivity contribution >= 4 is 24.9 Å². The van der Waals surface area contributed by atoms with Crippen LogP contribution in [0.15, 0.2) is 52.9 Å². The fourth-order valence-electron chi connectivity index (χ4n) is 4.31. The largest absolute Gasteiger partial charge is 0.494 e. The van der Waals surface area contributed by atoms with E-state index < -0.39 is 14.0 Å². The highest BCUT2D eigenvalue weighted by Crippen LogP contribution is 2.35. The second-order valence-electron chi connectivity index (χ2n) is 10.3. The molecule has 1 N–H and O–H groups in total. The van der Waals surface area contributed by atoms with Gasteiger partial charge in [-0.1, -0.05) is 57.3 Å². The zero-order chi connectivity index (χ0) is 25.1. The van der Waals surface area contributed by atoms with Gasteiger partial charge in [-0.25, -0.2) is 0 Å². The summed E-state index contributed by atoms with van der Waals surface area (Å²) < 4.78 is 22.5. The molecular formula is C27H35NO5Si. The fourth-order valence-corrected chi connectivity index (χ4v) is 8.23. The molecule has 0 aliphatic heterocycles. The first-order chi connectivity index (χ1) is 15.9. The van der Waals surface area contributed by atoms with E-state index in [2.05, 4.69) is 57.4 Å². The van der Waals surface area contributed by atoms with Crippen molar-refractivity contribution in [1.29, 1.82) is 0 Å². The summed E-state index contributed by atoms with van der Waals surface area (Å²) in [4.78, 5) is 12.8. The number of carbonyl (C=O) groups is 1. The summed E-state index contributed by atoms with van der Waals surface area (Å²) in [5.41, 5.74) is 1.70. The number of hydrogen-bond acceptors (Lipinski definition) is 5. The lowest BCUT2D eigenvalue weighted by Crippen LogP contribution is -2.44. The molecule has 1 aromatic heterocycles. The van der Waals surface area contributed by atoms with Crippen LogP contribution in [0.25, 0.3) is 0 Å². The van der Waals surface area contributed by atoms with Crippen LogP contribution in [0.5, 0.6) is 23.2 Å². The molecule has 0 spiro atoms. The molecule has 6 nitrogen and oxygen atoms in total. The van der Waals surface area contributed by atoms with Gasteiger partial charge < -0.3 is 23.9 Å². The Hall–Kier alpha value is -3.19. The minimum atomic E-state index is -1.66. The number of para-hydroxylation sites is 1. The van der Waals surface area contributed by atoms with Crippen LogP contribution < -0.4 is 24.7 Å². The number of furan rings is 1. The molecule has 34 heavy (non-hydrogen) atoms. The van der Waals surface area contributed by atoms with Crippen LogP contribution in [-0.4, -0.2) is 28.2 Å². The number of carbonyl (C=O) groups excluding carboxylic acids is 1. The zero-order valence-electron chi connectivity index (χ0n) is 21.4. The molecular weight excluding hydrogens is 446 g/mol. The van der Waals surface area contributed by atoms with Crippen molar-refractivity contribution in [3.05, 3.63) is 59.9 Å². The van der Waals surface area contributed by atoms with E-state index in [-0.39, 0.29) is 17.1 Å². The topological polar surface area (TPSA) is 69.9 Å². The summed E-state index contributed by atoms with van der Waals surface area (Å²) in [5.74, 6) is 1.67. The second kappa shape index (κ2) is 9.97. The Bertz CT molecular complexity index is 1140. The van der Waals surface area contributed by atoms with E-state index in [0.29, 0.717) is 17.2 Å². The van der Waals surface area contributed by atoms with Crippen LogP contribution in [0.2, 0.25) is 19.1 Å². The lowest BCUT2D eigenvalue weighted by Gasteiger charge is -2.31. The predicted molar refractivity (Wildman–Crippen MR) is 139 cm³/mol. The predicted octanol–water partition coefficient (Wildman–Crippen LogP) is 6.61. The second-order valence-corrected chi connectivity index (χ2v) is 15.0. The van der Waals surface area contributed by atoms with E-state index in [9.17, 15) is 4.79 Å². The van der Waals surface area contributed by atoms with E-state index in [1.807, 2.05) is 6.92 Å². The van der Waals surface area contributed by atoms with Crippen molar-refractivity contribution in [3.8, 4) is 23.2 Å². The number of ether oxygens (including phenoxy) is 3. The Balaban J connectivity index is 1.80. The molecule has 0 saturated heterocycles. The van der Waals surface area contributed by atoms with E-state index >= 15 is 0 Å². The van der Waals surface area contributed by atoms with E-state index in [4.69, 9.17) is 18.6 Å². The Morgan fingerprint density at radius 2 is 1.62 bits per heavy atom. The Labute approximate surface area is 203 Å². The number of amides is 1. The minimum absolute atomic E-state index is 0.124. The average Bonchev–Trinajstić information content (AvgIpc) is 3.22. The minimum Gasteiger partial charge on any atom is -0.494 e.